The van der Waals surface area contributed by atoms with E-state index >= 15 is 0 Å². The van der Waals surface area contributed by atoms with Crippen LogP contribution in [0.4, 0.5) is 5.82 Å². The fourth-order valence-corrected chi connectivity index (χ4v) is 3.28. The van der Waals surface area contributed by atoms with Gasteiger partial charge in [0.25, 0.3) is 5.78 Å². The first-order chi connectivity index (χ1) is 9.19. The van der Waals surface area contributed by atoms with Crippen LogP contribution in [0.3, 0.4) is 0 Å². The molecular formula is C13H18ClN5. The molecule has 0 radical (unpaired) electrons. The first-order valence-corrected chi connectivity index (χ1v) is 7.19. The van der Waals surface area contributed by atoms with Crippen molar-refractivity contribution in [3.05, 3.63) is 17.5 Å². The molecule has 0 spiro atoms. The highest BCUT2D eigenvalue weighted by Crippen LogP contribution is 2.35. The van der Waals surface area contributed by atoms with Crippen LogP contribution in [0.1, 0.15) is 33.1 Å². The smallest absolute Gasteiger partial charge is 0.255 e. The molecule has 2 aromatic heterocycles. The summed E-state index contributed by atoms with van der Waals surface area (Å²) in [5.41, 5.74) is 0. The fraction of sp³-hybridized carbons (Fsp3) is 0.615. The van der Waals surface area contributed by atoms with Gasteiger partial charge >= 0.3 is 0 Å². The van der Waals surface area contributed by atoms with Crippen molar-refractivity contribution < 1.29 is 0 Å². The van der Waals surface area contributed by atoms with Gasteiger partial charge in [-0.15, -0.1) is 0 Å². The number of rotatable bonds is 3. The lowest BCUT2D eigenvalue weighted by molar-refractivity contribution is 0.391. The standard InChI is InChI=1S/C13H18ClN5/c1-3-9-4-5-10(8(9)2)17-12-6-11(14)18-13-15-7-16-19(12)13/h6-10,17H,3-5H2,1-2H3. The maximum atomic E-state index is 6.03. The average Bonchev–Trinajstić information content (AvgIpc) is 2.97. The van der Waals surface area contributed by atoms with Crippen LogP contribution in [0, 0.1) is 11.8 Å². The third kappa shape index (κ3) is 2.27. The Morgan fingerprint density at radius 2 is 2.32 bits per heavy atom. The predicted octanol–water partition coefficient (Wildman–Crippen LogP) is 3.01. The van der Waals surface area contributed by atoms with Crippen LogP contribution in [0.2, 0.25) is 5.15 Å². The molecule has 19 heavy (non-hydrogen) atoms. The number of aromatic nitrogens is 4. The van der Waals surface area contributed by atoms with E-state index in [0.29, 0.717) is 22.9 Å². The van der Waals surface area contributed by atoms with Gasteiger partial charge in [-0.05, 0) is 24.7 Å². The zero-order valence-corrected chi connectivity index (χ0v) is 11.9. The van der Waals surface area contributed by atoms with E-state index in [0.717, 1.165) is 11.7 Å². The van der Waals surface area contributed by atoms with Crippen LogP contribution >= 0.6 is 11.6 Å². The molecule has 1 aliphatic carbocycles. The Kier molecular flexibility index (Phi) is 3.31. The summed E-state index contributed by atoms with van der Waals surface area (Å²) in [5.74, 6) is 2.88. The molecule has 1 N–H and O–H groups in total. The van der Waals surface area contributed by atoms with Gasteiger partial charge in [-0.1, -0.05) is 31.9 Å². The van der Waals surface area contributed by atoms with E-state index in [1.807, 2.05) is 6.07 Å². The molecule has 0 saturated heterocycles. The number of fused-ring (bicyclic) bond motifs is 1. The lowest BCUT2D eigenvalue weighted by Crippen LogP contribution is -2.26. The molecule has 3 rings (SSSR count). The Hall–Kier alpha value is -1.36. The van der Waals surface area contributed by atoms with E-state index in [1.165, 1.54) is 25.6 Å². The van der Waals surface area contributed by atoms with Crippen molar-refractivity contribution in [1.82, 2.24) is 19.6 Å². The number of halogens is 1. The van der Waals surface area contributed by atoms with E-state index in [1.54, 1.807) is 4.52 Å². The van der Waals surface area contributed by atoms with Gasteiger partial charge in [0.1, 0.15) is 17.3 Å². The lowest BCUT2D eigenvalue weighted by Gasteiger charge is -2.22. The third-order valence-corrected chi connectivity index (χ3v) is 4.50. The van der Waals surface area contributed by atoms with Gasteiger partial charge < -0.3 is 5.32 Å². The van der Waals surface area contributed by atoms with Crippen molar-refractivity contribution >= 4 is 23.2 Å². The zero-order valence-electron chi connectivity index (χ0n) is 11.2. The van der Waals surface area contributed by atoms with Crippen molar-refractivity contribution in [2.75, 3.05) is 5.32 Å². The first-order valence-electron chi connectivity index (χ1n) is 6.82. The fourth-order valence-electron chi connectivity index (χ4n) is 3.10. The van der Waals surface area contributed by atoms with Gasteiger partial charge in [0, 0.05) is 12.1 Å². The average molecular weight is 280 g/mol. The van der Waals surface area contributed by atoms with Gasteiger partial charge in [-0.25, -0.2) is 0 Å². The van der Waals surface area contributed by atoms with Crippen LogP contribution in [-0.2, 0) is 0 Å². The van der Waals surface area contributed by atoms with E-state index in [9.17, 15) is 0 Å². The predicted molar refractivity (Wildman–Crippen MR) is 75.4 cm³/mol. The molecule has 3 unspecified atom stereocenters. The molecule has 1 aliphatic rings. The first kappa shape index (κ1) is 12.7. The molecule has 3 atom stereocenters. The Morgan fingerprint density at radius 1 is 1.47 bits per heavy atom. The maximum Gasteiger partial charge on any atom is 0.255 e. The monoisotopic (exact) mass is 279 g/mol. The van der Waals surface area contributed by atoms with Crippen LogP contribution in [-0.4, -0.2) is 25.6 Å². The van der Waals surface area contributed by atoms with Gasteiger partial charge in [0.15, 0.2) is 0 Å². The topological polar surface area (TPSA) is 55.1 Å². The minimum Gasteiger partial charge on any atom is -0.367 e. The summed E-state index contributed by atoms with van der Waals surface area (Å²) in [6.45, 7) is 4.59. The number of hydrogen-bond donors (Lipinski definition) is 1. The van der Waals surface area contributed by atoms with Crippen molar-refractivity contribution in [3.8, 4) is 0 Å². The van der Waals surface area contributed by atoms with Crippen molar-refractivity contribution in [2.45, 2.75) is 39.2 Å². The van der Waals surface area contributed by atoms with E-state index in [4.69, 9.17) is 11.6 Å². The summed E-state index contributed by atoms with van der Waals surface area (Å²) in [5, 5.41) is 8.19. The Bertz CT molecular complexity index is 581. The molecule has 2 heterocycles. The summed E-state index contributed by atoms with van der Waals surface area (Å²) in [6, 6.07) is 2.28. The lowest BCUT2D eigenvalue weighted by atomic mass is 9.93. The molecule has 1 fully saturated rings. The summed E-state index contributed by atoms with van der Waals surface area (Å²) >= 11 is 6.03. The SMILES string of the molecule is CCC1CCC(Nc2cc(Cl)nc3ncnn23)C1C. The van der Waals surface area contributed by atoms with Crippen LogP contribution in [0.25, 0.3) is 5.78 Å². The molecule has 1 saturated carbocycles. The summed E-state index contributed by atoms with van der Waals surface area (Å²) < 4.78 is 1.71. The van der Waals surface area contributed by atoms with Crippen molar-refractivity contribution in [1.29, 1.82) is 0 Å². The second-order valence-electron chi connectivity index (χ2n) is 5.29. The molecule has 5 nitrogen and oxygen atoms in total. The highest BCUT2D eigenvalue weighted by Gasteiger charge is 2.31. The second-order valence-corrected chi connectivity index (χ2v) is 5.68. The molecule has 0 amide bonds. The molecule has 6 heteroatoms. The Balaban J connectivity index is 1.87. The Morgan fingerprint density at radius 3 is 3.05 bits per heavy atom. The molecule has 0 aromatic carbocycles. The van der Waals surface area contributed by atoms with E-state index in [2.05, 4.69) is 34.2 Å². The summed E-state index contributed by atoms with van der Waals surface area (Å²) in [7, 11) is 0. The van der Waals surface area contributed by atoms with E-state index < -0.39 is 0 Å². The zero-order chi connectivity index (χ0) is 13.4. The van der Waals surface area contributed by atoms with Crippen molar-refractivity contribution in [3.63, 3.8) is 0 Å². The van der Waals surface area contributed by atoms with Crippen molar-refractivity contribution in [2.24, 2.45) is 11.8 Å². The molecular weight excluding hydrogens is 262 g/mol. The number of nitrogens with zero attached hydrogens (tertiary/aromatic N) is 4. The molecule has 0 aliphatic heterocycles. The minimum absolute atomic E-state index is 0.445. The van der Waals surface area contributed by atoms with Gasteiger partial charge in [0.2, 0.25) is 0 Å². The number of hydrogen-bond acceptors (Lipinski definition) is 4. The molecule has 0 bridgehead atoms. The number of nitrogens with one attached hydrogen (secondary N) is 1. The third-order valence-electron chi connectivity index (χ3n) is 4.30. The highest BCUT2D eigenvalue weighted by molar-refractivity contribution is 6.29. The maximum absolute atomic E-state index is 6.03. The highest BCUT2D eigenvalue weighted by atomic mass is 35.5. The van der Waals surface area contributed by atoms with Crippen LogP contribution in [0.15, 0.2) is 12.4 Å². The summed E-state index contributed by atoms with van der Waals surface area (Å²) in [6.07, 6.45) is 5.22. The number of anilines is 1. The van der Waals surface area contributed by atoms with Crippen LogP contribution in [0.5, 0.6) is 0 Å². The molecule has 2 aromatic rings. The normalized spacial score (nSPS) is 27.0. The van der Waals surface area contributed by atoms with Gasteiger partial charge in [0.05, 0.1) is 0 Å². The minimum atomic E-state index is 0.445. The van der Waals surface area contributed by atoms with Gasteiger partial charge in [-0.3, -0.25) is 0 Å². The summed E-state index contributed by atoms with van der Waals surface area (Å²) in [4.78, 5) is 8.22. The molecule has 102 valence electrons. The van der Waals surface area contributed by atoms with Crippen LogP contribution < -0.4 is 5.32 Å². The Labute approximate surface area is 117 Å². The largest absolute Gasteiger partial charge is 0.367 e. The quantitative estimate of drug-likeness (QED) is 0.878. The van der Waals surface area contributed by atoms with E-state index in [-0.39, 0.29) is 0 Å². The second kappa shape index (κ2) is 4.96. The van der Waals surface area contributed by atoms with Gasteiger partial charge in [-0.2, -0.15) is 19.6 Å².